The number of carbonyl (C=O) groups is 1. The van der Waals surface area contributed by atoms with Crippen molar-refractivity contribution < 1.29 is 4.79 Å². The molecule has 5 heteroatoms. The van der Waals surface area contributed by atoms with E-state index in [1.165, 1.54) is 11.1 Å². The third kappa shape index (κ3) is 3.14. The van der Waals surface area contributed by atoms with Crippen molar-refractivity contribution in [1.82, 2.24) is 15.2 Å². The summed E-state index contributed by atoms with van der Waals surface area (Å²) in [6.45, 7) is 4.46. The summed E-state index contributed by atoms with van der Waals surface area (Å²) < 4.78 is 0. The Hall–Kier alpha value is -1.72. The van der Waals surface area contributed by atoms with Crippen molar-refractivity contribution in [3.05, 3.63) is 51.0 Å². The molecule has 1 aliphatic rings. The normalized spacial score (nSPS) is 13.8. The molecule has 1 aromatic carbocycles. The largest absolute Gasteiger partial charge is 0.337 e. The lowest BCUT2D eigenvalue weighted by molar-refractivity contribution is 0.0786. The molecule has 21 heavy (non-hydrogen) atoms. The van der Waals surface area contributed by atoms with Gasteiger partial charge in [-0.05, 0) is 43.1 Å². The van der Waals surface area contributed by atoms with Gasteiger partial charge in [-0.2, -0.15) is 0 Å². The predicted octanol–water partition coefficient (Wildman–Crippen LogP) is 2.37. The lowest BCUT2D eigenvalue weighted by Gasteiger charge is -2.20. The van der Waals surface area contributed by atoms with Gasteiger partial charge in [0.15, 0.2) is 0 Å². The van der Waals surface area contributed by atoms with Gasteiger partial charge in [0, 0.05) is 30.2 Å². The molecule has 0 saturated carbocycles. The standard InChI is InChI=1S/C16H19N3OS/c1-11-18-9-15(21-11)10-19(2)16(20)13-4-3-12-5-6-17-8-14(12)7-13/h3-4,7,9,17H,5-6,8,10H2,1-2H3. The Morgan fingerprint density at radius 1 is 1.43 bits per heavy atom. The number of hydrogen-bond acceptors (Lipinski definition) is 4. The van der Waals surface area contributed by atoms with E-state index in [-0.39, 0.29) is 5.91 Å². The van der Waals surface area contributed by atoms with Gasteiger partial charge in [-0.15, -0.1) is 11.3 Å². The molecule has 0 radical (unpaired) electrons. The summed E-state index contributed by atoms with van der Waals surface area (Å²) >= 11 is 1.64. The highest BCUT2D eigenvalue weighted by atomic mass is 32.1. The zero-order chi connectivity index (χ0) is 14.8. The average molecular weight is 301 g/mol. The van der Waals surface area contributed by atoms with E-state index < -0.39 is 0 Å². The van der Waals surface area contributed by atoms with Gasteiger partial charge >= 0.3 is 0 Å². The van der Waals surface area contributed by atoms with Gasteiger partial charge in [0.1, 0.15) is 0 Å². The summed E-state index contributed by atoms with van der Waals surface area (Å²) in [6, 6.07) is 6.06. The van der Waals surface area contributed by atoms with Crippen LogP contribution in [0, 0.1) is 6.92 Å². The fourth-order valence-electron chi connectivity index (χ4n) is 2.62. The second kappa shape index (κ2) is 5.95. The van der Waals surface area contributed by atoms with Crippen LogP contribution in [0.25, 0.3) is 0 Å². The van der Waals surface area contributed by atoms with E-state index in [1.807, 2.05) is 32.3 Å². The summed E-state index contributed by atoms with van der Waals surface area (Å²) in [5.74, 6) is 0.0643. The molecule has 3 rings (SSSR count). The molecule has 0 aliphatic carbocycles. The maximum Gasteiger partial charge on any atom is 0.253 e. The van der Waals surface area contributed by atoms with Crippen molar-refractivity contribution >= 4 is 17.2 Å². The van der Waals surface area contributed by atoms with Crippen molar-refractivity contribution in [1.29, 1.82) is 0 Å². The molecule has 0 unspecified atom stereocenters. The summed E-state index contributed by atoms with van der Waals surface area (Å²) in [4.78, 5) is 19.6. The van der Waals surface area contributed by atoms with Gasteiger partial charge in [-0.1, -0.05) is 6.07 Å². The molecule has 1 amide bonds. The number of hydrogen-bond donors (Lipinski definition) is 1. The van der Waals surface area contributed by atoms with E-state index >= 15 is 0 Å². The van der Waals surface area contributed by atoms with Crippen LogP contribution in [0.15, 0.2) is 24.4 Å². The van der Waals surface area contributed by atoms with Gasteiger partial charge in [-0.3, -0.25) is 4.79 Å². The highest BCUT2D eigenvalue weighted by Gasteiger charge is 2.16. The highest BCUT2D eigenvalue weighted by Crippen LogP contribution is 2.18. The second-order valence-electron chi connectivity index (χ2n) is 5.42. The highest BCUT2D eigenvalue weighted by molar-refractivity contribution is 7.11. The molecule has 4 nitrogen and oxygen atoms in total. The Morgan fingerprint density at radius 2 is 2.29 bits per heavy atom. The molecule has 0 bridgehead atoms. The van der Waals surface area contributed by atoms with Gasteiger partial charge in [0.25, 0.3) is 5.91 Å². The first-order chi connectivity index (χ1) is 10.1. The Morgan fingerprint density at radius 3 is 3.05 bits per heavy atom. The third-order valence-electron chi connectivity index (χ3n) is 3.75. The van der Waals surface area contributed by atoms with E-state index in [0.717, 1.165) is 35.0 Å². The minimum absolute atomic E-state index is 0.0643. The van der Waals surface area contributed by atoms with Gasteiger partial charge < -0.3 is 10.2 Å². The summed E-state index contributed by atoms with van der Waals surface area (Å²) in [7, 11) is 1.84. The minimum atomic E-state index is 0.0643. The van der Waals surface area contributed by atoms with Crippen molar-refractivity contribution in [3.63, 3.8) is 0 Å². The zero-order valence-electron chi connectivity index (χ0n) is 12.3. The van der Waals surface area contributed by atoms with Crippen LogP contribution in [-0.2, 0) is 19.5 Å². The maximum atomic E-state index is 12.5. The molecule has 2 heterocycles. The molecule has 0 fully saturated rings. The molecule has 110 valence electrons. The molecular formula is C16H19N3OS. The number of aromatic nitrogens is 1. The van der Waals surface area contributed by atoms with E-state index in [0.29, 0.717) is 6.54 Å². The van der Waals surface area contributed by atoms with Gasteiger partial charge in [-0.25, -0.2) is 4.98 Å². The van der Waals surface area contributed by atoms with Crippen LogP contribution in [0.2, 0.25) is 0 Å². The average Bonchev–Trinajstić information content (AvgIpc) is 2.91. The lowest BCUT2D eigenvalue weighted by atomic mass is 9.98. The van der Waals surface area contributed by atoms with E-state index in [4.69, 9.17) is 0 Å². The number of nitrogens with zero attached hydrogens (tertiary/aromatic N) is 2. The number of aryl methyl sites for hydroxylation is 1. The van der Waals surface area contributed by atoms with E-state index in [1.54, 1.807) is 16.2 Å². The Kier molecular flexibility index (Phi) is 4.03. The van der Waals surface area contributed by atoms with Crippen LogP contribution >= 0.6 is 11.3 Å². The van der Waals surface area contributed by atoms with Crippen molar-refractivity contribution in [3.8, 4) is 0 Å². The summed E-state index contributed by atoms with van der Waals surface area (Å²) in [6.07, 6.45) is 2.89. The molecule has 0 spiro atoms. The van der Waals surface area contributed by atoms with E-state index in [2.05, 4.69) is 16.4 Å². The third-order valence-corrected chi connectivity index (χ3v) is 4.65. The van der Waals surface area contributed by atoms with Crippen LogP contribution in [0.5, 0.6) is 0 Å². The number of carbonyl (C=O) groups excluding carboxylic acids is 1. The van der Waals surface area contributed by atoms with Crippen molar-refractivity contribution in [2.24, 2.45) is 0 Å². The molecule has 0 saturated heterocycles. The molecular weight excluding hydrogens is 282 g/mol. The first kappa shape index (κ1) is 14.2. The first-order valence-electron chi connectivity index (χ1n) is 7.13. The number of rotatable bonds is 3. The van der Waals surface area contributed by atoms with Gasteiger partial charge in [0.2, 0.25) is 0 Å². The van der Waals surface area contributed by atoms with Crippen LogP contribution in [0.1, 0.15) is 31.4 Å². The number of benzene rings is 1. The second-order valence-corrected chi connectivity index (χ2v) is 6.74. The lowest BCUT2D eigenvalue weighted by Crippen LogP contribution is -2.27. The monoisotopic (exact) mass is 301 g/mol. The van der Waals surface area contributed by atoms with Crippen molar-refractivity contribution in [2.75, 3.05) is 13.6 Å². The topological polar surface area (TPSA) is 45.2 Å². The van der Waals surface area contributed by atoms with Crippen LogP contribution in [0.3, 0.4) is 0 Å². The number of amides is 1. The van der Waals surface area contributed by atoms with Gasteiger partial charge in [0.05, 0.1) is 11.6 Å². The number of fused-ring (bicyclic) bond motifs is 1. The fourth-order valence-corrected chi connectivity index (χ4v) is 3.47. The van der Waals surface area contributed by atoms with Crippen LogP contribution in [0.4, 0.5) is 0 Å². The molecule has 1 aromatic heterocycles. The Bertz CT molecular complexity index is 665. The quantitative estimate of drug-likeness (QED) is 0.946. The fraction of sp³-hybridized carbons (Fsp3) is 0.375. The van der Waals surface area contributed by atoms with Crippen LogP contribution < -0.4 is 5.32 Å². The first-order valence-corrected chi connectivity index (χ1v) is 7.94. The number of thiazole rings is 1. The maximum absolute atomic E-state index is 12.5. The number of nitrogens with one attached hydrogen (secondary N) is 1. The smallest absolute Gasteiger partial charge is 0.253 e. The molecule has 1 aliphatic heterocycles. The Balaban J connectivity index is 1.75. The van der Waals surface area contributed by atoms with Crippen LogP contribution in [-0.4, -0.2) is 29.4 Å². The summed E-state index contributed by atoms with van der Waals surface area (Å²) in [5.41, 5.74) is 3.36. The SMILES string of the molecule is Cc1ncc(CN(C)C(=O)c2ccc3c(c2)CNCC3)s1. The Labute approximate surface area is 128 Å². The van der Waals surface area contributed by atoms with Crippen molar-refractivity contribution in [2.45, 2.75) is 26.4 Å². The zero-order valence-corrected chi connectivity index (χ0v) is 13.2. The molecule has 0 atom stereocenters. The predicted molar refractivity (Wildman–Crippen MR) is 84.5 cm³/mol. The minimum Gasteiger partial charge on any atom is -0.337 e. The molecule has 2 aromatic rings. The summed E-state index contributed by atoms with van der Waals surface area (Å²) in [5, 5.41) is 4.38. The van der Waals surface area contributed by atoms with E-state index in [9.17, 15) is 4.79 Å². The molecule has 1 N–H and O–H groups in total.